The highest BCUT2D eigenvalue weighted by molar-refractivity contribution is 5.97. The van der Waals surface area contributed by atoms with Crippen LogP contribution in [0, 0.1) is 11.7 Å². The van der Waals surface area contributed by atoms with Crippen molar-refractivity contribution in [3.63, 3.8) is 0 Å². The molecule has 2 N–H and O–H groups in total. The first-order valence-electron chi connectivity index (χ1n) is 9.51. The van der Waals surface area contributed by atoms with E-state index in [4.69, 9.17) is 4.74 Å². The van der Waals surface area contributed by atoms with Crippen LogP contribution in [0.15, 0.2) is 48.7 Å². The molecule has 0 saturated carbocycles. The number of aromatic nitrogens is 1. The predicted octanol–water partition coefficient (Wildman–Crippen LogP) is 3.35. The summed E-state index contributed by atoms with van der Waals surface area (Å²) in [4.78, 5) is 29.8. The van der Waals surface area contributed by atoms with Crippen LogP contribution in [0.3, 0.4) is 0 Å². The van der Waals surface area contributed by atoms with Gasteiger partial charge in [-0.1, -0.05) is 6.07 Å². The molecule has 1 saturated heterocycles. The number of likely N-dealkylation sites (tertiary alicyclic amines) is 1. The third-order valence-electron chi connectivity index (χ3n) is 5.30. The van der Waals surface area contributed by atoms with Crippen LogP contribution in [-0.2, 0) is 16.0 Å². The summed E-state index contributed by atoms with van der Waals surface area (Å²) in [7, 11) is 1.63. The Kier molecular flexibility index (Phi) is 5.20. The number of methoxy groups -OCH3 is 1. The molecule has 6 nitrogen and oxygen atoms in total. The monoisotopic (exact) mass is 395 g/mol. The number of fused-ring (bicyclic) bond motifs is 1. The van der Waals surface area contributed by atoms with Crippen molar-refractivity contribution in [3.8, 4) is 5.75 Å². The van der Waals surface area contributed by atoms with E-state index in [9.17, 15) is 14.0 Å². The number of nitrogens with zero attached hydrogens (tertiary/aromatic N) is 1. The van der Waals surface area contributed by atoms with Crippen molar-refractivity contribution in [1.82, 2.24) is 9.88 Å². The second-order valence-corrected chi connectivity index (χ2v) is 7.22. The molecule has 1 aromatic heterocycles. The van der Waals surface area contributed by atoms with Crippen molar-refractivity contribution in [2.24, 2.45) is 5.92 Å². The third-order valence-corrected chi connectivity index (χ3v) is 5.30. The molecule has 3 aromatic rings. The van der Waals surface area contributed by atoms with Crippen molar-refractivity contribution in [1.29, 1.82) is 0 Å². The lowest BCUT2D eigenvalue weighted by molar-refractivity contribution is -0.128. The molecule has 4 rings (SSSR count). The fourth-order valence-electron chi connectivity index (χ4n) is 3.72. The Morgan fingerprint density at radius 1 is 1.31 bits per heavy atom. The summed E-state index contributed by atoms with van der Waals surface area (Å²) in [5.74, 6) is -0.370. The number of hydrogen-bond donors (Lipinski definition) is 2. The first kappa shape index (κ1) is 19.0. The molecule has 7 heteroatoms. The molecule has 2 heterocycles. The number of carbonyl (C=O) groups is 2. The van der Waals surface area contributed by atoms with E-state index in [1.165, 1.54) is 18.2 Å². The first-order valence-corrected chi connectivity index (χ1v) is 9.51. The SMILES string of the molecule is COc1ccc2[nH]cc(CCN3C[C@H](C(=O)Nc4cccc(F)c4)CC3=O)c2c1. The lowest BCUT2D eigenvalue weighted by atomic mass is 10.1. The molecule has 1 aliphatic heterocycles. The Bertz CT molecular complexity index is 1060. The van der Waals surface area contributed by atoms with E-state index in [0.29, 0.717) is 25.2 Å². The van der Waals surface area contributed by atoms with Gasteiger partial charge in [-0.05, 0) is 48.4 Å². The molecule has 0 bridgehead atoms. The number of carbonyl (C=O) groups excluding carboxylic acids is 2. The quantitative estimate of drug-likeness (QED) is 0.672. The summed E-state index contributed by atoms with van der Waals surface area (Å²) in [6, 6.07) is 11.6. The molecule has 150 valence electrons. The highest BCUT2D eigenvalue weighted by atomic mass is 19.1. The molecule has 1 atom stereocenters. The van der Waals surface area contributed by atoms with Crippen LogP contribution in [0.1, 0.15) is 12.0 Å². The summed E-state index contributed by atoms with van der Waals surface area (Å²) in [6.45, 7) is 0.901. The van der Waals surface area contributed by atoms with Gasteiger partial charge in [-0.25, -0.2) is 4.39 Å². The number of ether oxygens (including phenoxy) is 1. The van der Waals surface area contributed by atoms with Crippen LogP contribution in [0.4, 0.5) is 10.1 Å². The van der Waals surface area contributed by atoms with Crippen LogP contribution >= 0.6 is 0 Å². The Morgan fingerprint density at radius 2 is 2.17 bits per heavy atom. The van der Waals surface area contributed by atoms with Gasteiger partial charge in [0.25, 0.3) is 0 Å². The van der Waals surface area contributed by atoms with E-state index < -0.39 is 11.7 Å². The number of nitrogens with one attached hydrogen (secondary N) is 2. The van der Waals surface area contributed by atoms with Crippen LogP contribution in [-0.4, -0.2) is 41.9 Å². The maximum Gasteiger partial charge on any atom is 0.229 e. The number of rotatable bonds is 6. The minimum atomic E-state index is -0.436. The molecule has 29 heavy (non-hydrogen) atoms. The van der Waals surface area contributed by atoms with Crippen molar-refractivity contribution >= 4 is 28.4 Å². The molecule has 0 aliphatic carbocycles. The maximum atomic E-state index is 13.3. The van der Waals surface area contributed by atoms with Crippen LogP contribution in [0.2, 0.25) is 0 Å². The van der Waals surface area contributed by atoms with Gasteiger partial charge in [0.15, 0.2) is 0 Å². The van der Waals surface area contributed by atoms with Crippen LogP contribution < -0.4 is 10.1 Å². The van der Waals surface area contributed by atoms with E-state index in [0.717, 1.165) is 22.2 Å². The lowest BCUT2D eigenvalue weighted by Crippen LogP contribution is -2.30. The van der Waals surface area contributed by atoms with E-state index >= 15 is 0 Å². The molecule has 2 aromatic carbocycles. The van der Waals surface area contributed by atoms with Crippen molar-refractivity contribution in [2.45, 2.75) is 12.8 Å². The average Bonchev–Trinajstić information content (AvgIpc) is 3.29. The minimum absolute atomic E-state index is 0.0400. The maximum absolute atomic E-state index is 13.3. The lowest BCUT2D eigenvalue weighted by Gasteiger charge is -2.16. The van der Waals surface area contributed by atoms with Gasteiger partial charge in [-0.3, -0.25) is 9.59 Å². The summed E-state index contributed by atoms with van der Waals surface area (Å²) in [5.41, 5.74) is 2.51. The molecule has 0 radical (unpaired) electrons. The highest BCUT2D eigenvalue weighted by Crippen LogP contribution is 2.25. The Hall–Kier alpha value is -3.35. The molecule has 1 fully saturated rings. The average molecular weight is 395 g/mol. The normalized spacial score (nSPS) is 16.4. The summed E-state index contributed by atoms with van der Waals surface area (Å²) >= 11 is 0. The number of amides is 2. The zero-order chi connectivity index (χ0) is 20.4. The number of halogens is 1. The Labute approximate surface area is 167 Å². The molecule has 0 unspecified atom stereocenters. The second kappa shape index (κ2) is 7.95. The van der Waals surface area contributed by atoms with Crippen molar-refractivity contribution < 1.29 is 18.7 Å². The van der Waals surface area contributed by atoms with Gasteiger partial charge in [-0.15, -0.1) is 0 Å². The number of anilines is 1. The van der Waals surface area contributed by atoms with Gasteiger partial charge in [0.2, 0.25) is 11.8 Å². The topological polar surface area (TPSA) is 74.4 Å². The van der Waals surface area contributed by atoms with Gasteiger partial charge in [0, 0.05) is 42.3 Å². The Balaban J connectivity index is 1.38. The minimum Gasteiger partial charge on any atom is -0.497 e. The first-order chi connectivity index (χ1) is 14.0. The smallest absolute Gasteiger partial charge is 0.229 e. The summed E-state index contributed by atoms with van der Waals surface area (Å²) < 4.78 is 18.6. The summed E-state index contributed by atoms with van der Waals surface area (Å²) in [5, 5.41) is 3.76. The Morgan fingerprint density at radius 3 is 2.97 bits per heavy atom. The molecule has 2 amide bonds. The standard InChI is InChI=1S/C22H22FN3O3/c1-29-18-5-6-20-19(11-18)14(12-24-20)7-8-26-13-15(9-21(26)27)22(28)25-17-4-2-3-16(23)10-17/h2-6,10-12,15,24H,7-9,13H2,1H3,(H,25,28)/t15-/m1/s1. The molecule has 1 aliphatic rings. The molecular formula is C22H22FN3O3. The van der Waals surface area contributed by atoms with Crippen LogP contribution in [0.25, 0.3) is 10.9 Å². The third kappa shape index (κ3) is 4.08. The number of hydrogen-bond acceptors (Lipinski definition) is 3. The summed E-state index contributed by atoms with van der Waals surface area (Å²) in [6.07, 6.45) is 2.79. The highest BCUT2D eigenvalue weighted by Gasteiger charge is 2.34. The van der Waals surface area contributed by atoms with Gasteiger partial charge in [0.05, 0.1) is 13.0 Å². The van der Waals surface area contributed by atoms with Crippen molar-refractivity contribution in [3.05, 3.63) is 60.0 Å². The van der Waals surface area contributed by atoms with Gasteiger partial charge < -0.3 is 19.9 Å². The van der Waals surface area contributed by atoms with Gasteiger partial charge in [0.1, 0.15) is 11.6 Å². The second-order valence-electron chi connectivity index (χ2n) is 7.22. The molecule has 0 spiro atoms. The fraction of sp³-hybridized carbons (Fsp3) is 0.273. The zero-order valence-corrected chi connectivity index (χ0v) is 16.1. The predicted molar refractivity (Wildman–Crippen MR) is 108 cm³/mol. The number of benzene rings is 2. The largest absolute Gasteiger partial charge is 0.497 e. The van der Waals surface area contributed by atoms with Gasteiger partial charge in [-0.2, -0.15) is 0 Å². The zero-order valence-electron chi connectivity index (χ0n) is 16.1. The van der Waals surface area contributed by atoms with Crippen molar-refractivity contribution in [2.75, 3.05) is 25.5 Å². The van der Waals surface area contributed by atoms with E-state index in [2.05, 4.69) is 10.3 Å². The van der Waals surface area contributed by atoms with E-state index in [-0.39, 0.29) is 18.2 Å². The van der Waals surface area contributed by atoms with E-state index in [1.54, 1.807) is 18.1 Å². The van der Waals surface area contributed by atoms with Crippen LogP contribution in [0.5, 0.6) is 5.75 Å². The van der Waals surface area contributed by atoms with E-state index in [1.807, 2.05) is 24.4 Å². The number of H-pyrrole nitrogens is 1. The number of aromatic amines is 1. The fourth-order valence-corrected chi connectivity index (χ4v) is 3.72. The van der Waals surface area contributed by atoms with Gasteiger partial charge >= 0.3 is 0 Å². The molecular weight excluding hydrogens is 373 g/mol.